The predicted octanol–water partition coefficient (Wildman–Crippen LogP) is 2.67. The summed E-state index contributed by atoms with van der Waals surface area (Å²) >= 11 is 2.95. The Hall–Kier alpha value is -2.16. The van der Waals surface area contributed by atoms with Crippen molar-refractivity contribution in [3.05, 3.63) is 57.2 Å². The molecule has 4 rings (SSSR count). The predicted molar refractivity (Wildman–Crippen MR) is 114 cm³/mol. The summed E-state index contributed by atoms with van der Waals surface area (Å²) in [6, 6.07) is 9.63. The molecule has 0 unspecified atom stereocenters. The Labute approximate surface area is 171 Å². The SMILES string of the molecule is CN1CCN(C(=O)c2ccc(CSc3nc4ccsc4c(=O)n3C)cc2)CC1. The fourth-order valence-corrected chi connectivity index (χ4v) is 4.91. The molecule has 0 saturated carbocycles. The van der Waals surface area contributed by atoms with E-state index in [4.69, 9.17) is 0 Å². The molecule has 1 aromatic carbocycles. The minimum Gasteiger partial charge on any atom is -0.336 e. The molecule has 0 aliphatic carbocycles. The molecule has 146 valence electrons. The van der Waals surface area contributed by atoms with Crippen LogP contribution < -0.4 is 5.56 Å². The second kappa shape index (κ2) is 8.06. The highest BCUT2D eigenvalue weighted by Crippen LogP contribution is 2.23. The molecule has 1 aliphatic rings. The lowest BCUT2D eigenvalue weighted by Gasteiger charge is -2.32. The largest absolute Gasteiger partial charge is 0.336 e. The normalized spacial score (nSPS) is 15.3. The van der Waals surface area contributed by atoms with Crippen molar-refractivity contribution in [2.45, 2.75) is 10.9 Å². The van der Waals surface area contributed by atoms with Gasteiger partial charge in [0.15, 0.2) is 5.16 Å². The van der Waals surface area contributed by atoms with Crippen molar-refractivity contribution >= 4 is 39.2 Å². The van der Waals surface area contributed by atoms with Gasteiger partial charge in [0.2, 0.25) is 0 Å². The molecule has 0 atom stereocenters. The summed E-state index contributed by atoms with van der Waals surface area (Å²) in [4.78, 5) is 33.8. The monoisotopic (exact) mass is 414 g/mol. The maximum atomic E-state index is 12.6. The number of hydrogen-bond acceptors (Lipinski definition) is 6. The Morgan fingerprint density at radius 2 is 1.82 bits per heavy atom. The van der Waals surface area contributed by atoms with Crippen LogP contribution in [0.25, 0.3) is 10.2 Å². The van der Waals surface area contributed by atoms with Crippen molar-refractivity contribution in [2.75, 3.05) is 33.2 Å². The molecule has 6 nitrogen and oxygen atoms in total. The van der Waals surface area contributed by atoms with Crippen molar-refractivity contribution in [1.82, 2.24) is 19.4 Å². The Balaban J connectivity index is 1.43. The highest BCUT2D eigenvalue weighted by molar-refractivity contribution is 7.98. The van der Waals surface area contributed by atoms with E-state index in [1.807, 2.05) is 40.6 Å². The van der Waals surface area contributed by atoms with E-state index < -0.39 is 0 Å². The Morgan fingerprint density at radius 3 is 2.54 bits per heavy atom. The molecule has 0 spiro atoms. The zero-order valence-corrected chi connectivity index (χ0v) is 17.6. The Morgan fingerprint density at radius 1 is 1.11 bits per heavy atom. The van der Waals surface area contributed by atoms with Gasteiger partial charge in [0.25, 0.3) is 11.5 Å². The summed E-state index contributed by atoms with van der Waals surface area (Å²) in [7, 11) is 3.84. The van der Waals surface area contributed by atoms with Crippen LogP contribution >= 0.6 is 23.1 Å². The number of rotatable bonds is 4. The third kappa shape index (κ3) is 3.85. The van der Waals surface area contributed by atoms with Crippen molar-refractivity contribution in [3.8, 4) is 0 Å². The van der Waals surface area contributed by atoms with Gasteiger partial charge >= 0.3 is 0 Å². The second-order valence-corrected chi connectivity index (χ2v) is 8.83. The molecular weight excluding hydrogens is 392 g/mol. The van der Waals surface area contributed by atoms with Crippen LogP contribution in [-0.2, 0) is 12.8 Å². The van der Waals surface area contributed by atoms with E-state index in [0.29, 0.717) is 15.6 Å². The zero-order chi connectivity index (χ0) is 19.7. The lowest BCUT2D eigenvalue weighted by Crippen LogP contribution is -2.47. The average Bonchev–Trinajstić information content (AvgIpc) is 3.19. The van der Waals surface area contributed by atoms with Crippen LogP contribution in [0.15, 0.2) is 45.7 Å². The molecule has 3 aromatic rings. The minimum absolute atomic E-state index is 0.00405. The molecule has 1 amide bonds. The van der Waals surface area contributed by atoms with E-state index in [1.165, 1.54) is 23.1 Å². The van der Waals surface area contributed by atoms with Crippen LogP contribution in [0.2, 0.25) is 0 Å². The fourth-order valence-electron chi connectivity index (χ4n) is 3.18. The van der Waals surface area contributed by atoms with Gasteiger partial charge in [-0.15, -0.1) is 11.3 Å². The van der Waals surface area contributed by atoms with Crippen molar-refractivity contribution in [2.24, 2.45) is 7.05 Å². The summed E-state index contributed by atoms with van der Waals surface area (Å²) in [6.07, 6.45) is 0. The highest BCUT2D eigenvalue weighted by atomic mass is 32.2. The number of hydrogen-bond donors (Lipinski definition) is 0. The maximum absolute atomic E-state index is 12.6. The lowest BCUT2D eigenvalue weighted by atomic mass is 10.1. The number of nitrogens with zero attached hydrogens (tertiary/aromatic N) is 4. The first-order valence-corrected chi connectivity index (χ1v) is 11.0. The molecule has 0 bridgehead atoms. The van der Waals surface area contributed by atoms with Crippen LogP contribution in [0, 0.1) is 0 Å². The van der Waals surface area contributed by atoms with Gasteiger partial charge < -0.3 is 9.80 Å². The van der Waals surface area contributed by atoms with Crippen LogP contribution in [0.4, 0.5) is 0 Å². The molecule has 3 heterocycles. The number of thiophene rings is 1. The van der Waals surface area contributed by atoms with E-state index in [2.05, 4.69) is 16.9 Å². The average molecular weight is 415 g/mol. The standard InChI is InChI=1S/C20H22N4O2S2/c1-22-8-10-24(11-9-22)18(25)15-5-3-14(4-6-15)13-28-20-21-16-7-12-27-17(16)19(26)23(20)2/h3-7,12H,8-11,13H2,1-2H3. The number of carbonyl (C=O) groups excluding carboxylic acids is 1. The molecule has 1 aliphatic heterocycles. The van der Waals surface area contributed by atoms with Gasteiger partial charge in [0.1, 0.15) is 4.70 Å². The van der Waals surface area contributed by atoms with Gasteiger partial charge in [-0.2, -0.15) is 0 Å². The summed E-state index contributed by atoms with van der Waals surface area (Å²) in [5, 5.41) is 2.59. The third-order valence-corrected chi connectivity index (χ3v) is 7.00. The van der Waals surface area contributed by atoms with E-state index in [-0.39, 0.29) is 11.5 Å². The summed E-state index contributed by atoms with van der Waals surface area (Å²) < 4.78 is 2.30. The number of piperazine rings is 1. The van der Waals surface area contributed by atoms with Crippen LogP contribution in [-0.4, -0.2) is 58.5 Å². The number of amides is 1. The summed E-state index contributed by atoms with van der Waals surface area (Å²) in [5.41, 5.74) is 2.57. The van der Waals surface area contributed by atoms with Gasteiger partial charge in [-0.05, 0) is 36.2 Å². The van der Waals surface area contributed by atoms with Crippen LogP contribution in [0.5, 0.6) is 0 Å². The number of aromatic nitrogens is 2. The summed E-state index contributed by atoms with van der Waals surface area (Å²) in [5.74, 6) is 0.790. The van der Waals surface area contributed by atoms with Gasteiger partial charge in [-0.25, -0.2) is 4.98 Å². The van der Waals surface area contributed by atoms with Crippen molar-refractivity contribution in [3.63, 3.8) is 0 Å². The molecular formula is C20H22N4O2S2. The number of fused-ring (bicyclic) bond motifs is 1. The third-order valence-electron chi connectivity index (χ3n) is 5.01. The Kier molecular flexibility index (Phi) is 5.52. The number of likely N-dealkylation sites (N-methyl/N-ethyl adjacent to an activating group) is 1. The lowest BCUT2D eigenvalue weighted by molar-refractivity contribution is 0.0664. The first-order valence-electron chi connectivity index (χ1n) is 9.17. The van der Waals surface area contributed by atoms with Gasteiger partial charge in [-0.3, -0.25) is 14.2 Å². The minimum atomic E-state index is -0.00405. The first kappa shape index (κ1) is 19.2. The molecule has 1 fully saturated rings. The zero-order valence-electron chi connectivity index (χ0n) is 15.9. The molecule has 8 heteroatoms. The molecule has 0 radical (unpaired) electrons. The molecule has 28 heavy (non-hydrogen) atoms. The van der Waals surface area contributed by atoms with E-state index >= 15 is 0 Å². The second-order valence-electron chi connectivity index (χ2n) is 6.97. The van der Waals surface area contributed by atoms with Crippen LogP contribution in [0.1, 0.15) is 15.9 Å². The maximum Gasteiger partial charge on any atom is 0.271 e. The topological polar surface area (TPSA) is 58.4 Å². The Bertz CT molecular complexity index is 1050. The molecule has 2 aromatic heterocycles. The summed E-state index contributed by atoms with van der Waals surface area (Å²) in [6.45, 7) is 3.39. The van der Waals surface area contributed by atoms with Crippen molar-refractivity contribution < 1.29 is 4.79 Å². The van der Waals surface area contributed by atoms with E-state index in [0.717, 1.165) is 42.8 Å². The first-order chi connectivity index (χ1) is 13.5. The van der Waals surface area contributed by atoms with E-state index in [9.17, 15) is 9.59 Å². The molecule has 1 saturated heterocycles. The number of carbonyl (C=O) groups is 1. The van der Waals surface area contributed by atoms with Gasteiger partial charge in [0.05, 0.1) is 5.52 Å². The number of thioether (sulfide) groups is 1. The van der Waals surface area contributed by atoms with Gasteiger partial charge in [0, 0.05) is 44.5 Å². The van der Waals surface area contributed by atoms with E-state index in [1.54, 1.807) is 11.6 Å². The van der Waals surface area contributed by atoms with Crippen molar-refractivity contribution in [1.29, 1.82) is 0 Å². The molecule has 0 N–H and O–H groups in total. The smallest absolute Gasteiger partial charge is 0.271 e. The fraction of sp³-hybridized carbons (Fsp3) is 0.350. The number of benzene rings is 1. The van der Waals surface area contributed by atoms with Gasteiger partial charge in [-0.1, -0.05) is 23.9 Å². The van der Waals surface area contributed by atoms with Crippen LogP contribution in [0.3, 0.4) is 0 Å². The quantitative estimate of drug-likeness (QED) is 0.485. The highest BCUT2D eigenvalue weighted by Gasteiger charge is 2.20.